The Bertz CT molecular complexity index is 204. The van der Waals surface area contributed by atoms with E-state index in [0.717, 1.165) is 0 Å². The van der Waals surface area contributed by atoms with Crippen molar-refractivity contribution in [2.75, 3.05) is 13.2 Å². The molecule has 16 heavy (non-hydrogen) atoms. The van der Waals surface area contributed by atoms with Gasteiger partial charge in [0.05, 0.1) is 25.4 Å². The lowest BCUT2D eigenvalue weighted by Crippen LogP contribution is -2.48. The van der Waals surface area contributed by atoms with Crippen LogP contribution in [0, 0.1) is 17.8 Å². The van der Waals surface area contributed by atoms with Gasteiger partial charge in [0.25, 0.3) is 0 Å². The topological polar surface area (TPSA) is 50.7 Å². The van der Waals surface area contributed by atoms with E-state index < -0.39 is 0 Å². The van der Waals surface area contributed by atoms with Crippen LogP contribution < -0.4 is 5.54 Å². The van der Waals surface area contributed by atoms with Crippen LogP contribution >= 0.6 is 0 Å². The quantitative estimate of drug-likeness (QED) is 0.435. The third-order valence-corrected chi connectivity index (χ3v) is 3.95. The van der Waals surface area contributed by atoms with E-state index in [9.17, 15) is 4.48 Å². The van der Waals surface area contributed by atoms with Crippen molar-refractivity contribution in [3.8, 4) is 0 Å². The maximum absolute atomic E-state index is 12.2. The van der Waals surface area contributed by atoms with Gasteiger partial charge in [0.2, 0.25) is 0 Å². The molecule has 0 amide bonds. The first kappa shape index (κ1) is 13.8. The molecule has 0 unspecified atom stereocenters. The van der Waals surface area contributed by atoms with Gasteiger partial charge in [0.15, 0.2) is 0 Å². The Hall–Kier alpha value is -0.230. The standard InChI is InChI=1S/C11H22FNO3/c1-7-8(2)10(4-5-15-14)16-11(6-13-12)9(7)3/h7-11,13-14H,4-6H2,1-3H3/t7-,8+,9+,10+,11-/m0/s1. The van der Waals surface area contributed by atoms with Crippen molar-refractivity contribution in [3.05, 3.63) is 0 Å². The Morgan fingerprint density at radius 1 is 1.19 bits per heavy atom. The smallest absolute Gasteiger partial charge is 0.0844 e. The highest BCUT2D eigenvalue weighted by Crippen LogP contribution is 2.35. The highest BCUT2D eigenvalue weighted by atomic mass is 19.2. The lowest BCUT2D eigenvalue weighted by Gasteiger charge is -2.43. The molecule has 96 valence electrons. The molecule has 0 aliphatic carbocycles. The van der Waals surface area contributed by atoms with Crippen LogP contribution in [0.15, 0.2) is 0 Å². The van der Waals surface area contributed by atoms with Gasteiger partial charge in [-0.25, -0.2) is 4.89 Å². The monoisotopic (exact) mass is 235 g/mol. The molecule has 0 spiro atoms. The zero-order valence-electron chi connectivity index (χ0n) is 10.1. The van der Waals surface area contributed by atoms with Crippen molar-refractivity contribution in [1.29, 1.82) is 0 Å². The molecular formula is C11H22FNO3. The summed E-state index contributed by atoms with van der Waals surface area (Å²) in [4.78, 5) is 4.08. The molecule has 0 aromatic rings. The predicted molar refractivity (Wildman–Crippen MR) is 58.5 cm³/mol. The first-order valence-electron chi connectivity index (χ1n) is 5.87. The Balaban J connectivity index is 2.57. The molecule has 1 rings (SSSR count). The van der Waals surface area contributed by atoms with Crippen LogP contribution in [0.5, 0.6) is 0 Å². The highest BCUT2D eigenvalue weighted by Gasteiger charge is 2.38. The van der Waals surface area contributed by atoms with Crippen LogP contribution in [-0.2, 0) is 9.62 Å². The van der Waals surface area contributed by atoms with Gasteiger partial charge < -0.3 is 4.74 Å². The van der Waals surface area contributed by atoms with Gasteiger partial charge in [-0.3, -0.25) is 5.26 Å². The molecule has 0 radical (unpaired) electrons. The second kappa shape index (κ2) is 6.49. The van der Waals surface area contributed by atoms with Crippen LogP contribution in [0.1, 0.15) is 27.2 Å². The second-order valence-electron chi connectivity index (χ2n) is 4.75. The predicted octanol–water partition coefficient (Wildman–Crippen LogP) is 2.02. The molecule has 1 aliphatic heterocycles. The summed E-state index contributed by atoms with van der Waals surface area (Å²) in [6.45, 7) is 6.85. The van der Waals surface area contributed by atoms with Crippen molar-refractivity contribution < 1.29 is 19.4 Å². The van der Waals surface area contributed by atoms with E-state index in [1.165, 1.54) is 0 Å². The summed E-state index contributed by atoms with van der Waals surface area (Å²) in [7, 11) is 0. The number of nitrogens with one attached hydrogen (secondary N) is 1. The van der Waals surface area contributed by atoms with Gasteiger partial charge in [-0.05, 0) is 17.8 Å². The largest absolute Gasteiger partial charge is 0.373 e. The molecule has 1 saturated heterocycles. The van der Waals surface area contributed by atoms with Crippen molar-refractivity contribution in [1.82, 2.24) is 5.54 Å². The lowest BCUT2D eigenvalue weighted by molar-refractivity contribution is -0.251. The SMILES string of the molecule is C[C@@H]1[C@@H](C)[C@H](CNF)O[C@H](CCOO)[C@@H]1C. The van der Waals surface area contributed by atoms with Gasteiger partial charge in [-0.15, -0.1) is 4.48 Å². The number of ether oxygens (including phenoxy) is 1. The van der Waals surface area contributed by atoms with E-state index >= 15 is 0 Å². The summed E-state index contributed by atoms with van der Waals surface area (Å²) >= 11 is 0. The van der Waals surface area contributed by atoms with E-state index in [-0.39, 0.29) is 25.4 Å². The van der Waals surface area contributed by atoms with Crippen molar-refractivity contribution >= 4 is 0 Å². The average Bonchev–Trinajstić information content (AvgIpc) is 2.28. The molecule has 2 N–H and O–H groups in total. The first-order valence-corrected chi connectivity index (χ1v) is 5.87. The molecule has 1 aliphatic rings. The molecule has 1 fully saturated rings. The summed E-state index contributed by atoms with van der Waals surface area (Å²) in [6, 6.07) is 0. The zero-order chi connectivity index (χ0) is 12.1. The van der Waals surface area contributed by atoms with Gasteiger partial charge >= 0.3 is 0 Å². The molecule has 5 atom stereocenters. The number of hydrogen-bond acceptors (Lipinski definition) is 4. The molecular weight excluding hydrogens is 213 g/mol. The van der Waals surface area contributed by atoms with E-state index in [2.05, 4.69) is 25.7 Å². The lowest BCUT2D eigenvalue weighted by atomic mass is 9.76. The summed E-state index contributed by atoms with van der Waals surface area (Å²) in [5.74, 6) is 1.18. The van der Waals surface area contributed by atoms with Gasteiger partial charge in [-0.1, -0.05) is 20.8 Å². The van der Waals surface area contributed by atoms with Crippen LogP contribution in [-0.4, -0.2) is 30.6 Å². The van der Waals surface area contributed by atoms with Crippen molar-refractivity contribution in [2.24, 2.45) is 17.8 Å². The Morgan fingerprint density at radius 3 is 2.38 bits per heavy atom. The summed E-state index contributed by atoms with van der Waals surface area (Å²) in [5, 5.41) is 8.34. The maximum atomic E-state index is 12.2. The highest BCUT2D eigenvalue weighted by molar-refractivity contribution is 4.86. The molecule has 4 nitrogen and oxygen atoms in total. The second-order valence-corrected chi connectivity index (χ2v) is 4.75. The maximum Gasteiger partial charge on any atom is 0.0844 e. The van der Waals surface area contributed by atoms with Crippen LogP contribution in [0.4, 0.5) is 4.48 Å². The van der Waals surface area contributed by atoms with Crippen LogP contribution in [0.3, 0.4) is 0 Å². The first-order chi connectivity index (χ1) is 7.61. The van der Waals surface area contributed by atoms with Crippen molar-refractivity contribution in [3.63, 3.8) is 0 Å². The van der Waals surface area contributed by atoms with Crippen molar-refractivity contribution in [2.45, 2.75) is 39.4 Å². The fourth-order valence-corrected chi connectivity index (χ4v) is 2.44. The molecule has 0 aromatic carbocycles. The summed E-state index contributed by atoms with van der Waals surface area (Å²) in [6.07, 6.45) is 0.550. The van der Waals surface area contributed by atoms with E-state index in [4.69, 9.17) is 9.99 Å². The molecule has 5 heteroatoms. The van der Waals surface area contributed by atoms with Crippen LogP contribution in [0.25, 0.3) is 0 Å². The van der Waals surface area contributed by atoms with E-state index in [1.807, 2.05) is 0 Å². The van der Waals surface area contributed by atoms with Crippen LogP contribution in [0.2, 0.25) is 0 Å². The third-order valence-electron chi connectivity index (χ3n) is 3.95. The molecule has 1 heterocycles. The zero-order valence-corrected chi connectivity index (χ0v) is 10.1. The summed E-state index contributed by atoms with van der Waals surface area (Å²) in [5.41, 5.74) is 1.67. The molecule has 0 saturated carbocycles. The van der Waals surface area contributed by atoms with E-state index in [1.54, 1.807) is 5.54 Å². The Morgan fingerprint density at radius 2 is 1.81 bits per heavy atom. The number of halogens is 1. The minimum Gasteiger partial charge on any atom is -0.373 e. The van der Waals surface area contributed by atoms with Gasteiger partial charge in [-0.2, -0.15) is 5.54 Å². The van der Waals surface area contributed by atoms with Gasteiger partial charge in [0.1, 0.15) is 0 Å². The number of rotatable bonds is 5. The molecule has 0 aromatic heterocycles. The third kappa shape index (κ3) is 3.13. The fourth-order valence-electron chi connectivity index (χ4n) is 2.44. The van der Waals surface area contributed by atoms with E-state index in [0.29, 0.717) is 24.2 Å². The number of hydrogen-bond donors (Lipinski definition) is 2. The fraction of sp³-hybridized carbons (Fsp3) is 1.00. The molecule has 0 bridgehead atoms. The minimum atomic E-state index is -0.111. The Labute approximate surface area is 96.0 Å². The van der Waals surface area contributed by atoms with Gasteiger partial charge in [0, 0.05) is 6.42 Å². The average molecular weight is 235 g/mol. The Kier molecular flexibility index (Phi) is 5.61. The summed E-state index contributed by atoms with van der Waals surface area (Å²) < 4.78 is 18.0. The normalized spacial score (nSPS) is 39.9. The minimum absolute atomic E-state index is 0.0247.